The number of thiophene rings is 1. The van der Waals surface area contributed by atoms with E-state index < -0.39 is 0 Å². The molecule has 1 aliphatic rings. The number of nitrogens with one attached hydrogen (secondary N) is 1. The molecule has 25 heavy (non-hydrogen) atoms. The van der Waals surface area contributed by atoms with Gasteiger partial charge >= 0.3 is 0 Å². The highest BCUT2D eigenvalue weighted by molar-refractivity contribution is 7.80. The van der Waals surface area contributed by atoms with Gasteiger partial charge in [0.1, 0.15) is 0 Å². The highest BCUT2D eigenvalue weighted by Gasteiger charge is 2.32. The molecule has 4 nitrogen and oxygen atoms in total. The summed E-state index contributed by atoms with van der Waals surface area (Å²) in [7, 11) is 3.35. The maximum absolute atomic E-state index is 5.70. The van der Waals surface area contributed by atoms with Gasteiger partial charge in [-0.15, -0.1) is 11.3 Å². The first-order valence-electron chi connectivity index (χ1n) is 8.40. The number of thiocarbonyl (C=S) groups is 1. The smallest absolute Gasteiger partial charge is 0.169 e. The van der Waals surface area contributed by atoms with Crippen molar-refractivity contribution in [2.45, 2.75) is 32.4 Å². The molecule has 1 aliphatic heterocycles. The number of methoxy groups -OCH3 is 2. The fourth-order valence-corrected chi connectivity index (χ4v) is 4.54. The highest BCUT2D eigenvalue weighted by Crippen LogP contribution is 2.42. The first kappa shape index (κ1) is 18.0. The molecule has 2 heterocycles. The van der Waals surface area contributed by atoms with Gasteiger partial charge in [0, 0.05) is 17.5 Å². The molecule has 134 valence electrons. The summed E-state index contributed by atoms with van der Waals surface area (Å²) in [6.45, 7) is 5.10. The van der Waals surface area contributed by atoms with Gasteiger partial charge in [0.25, 0.3) is 0 Å². The number of hydrogen-bond acceptors (Lipinski definition) is 4. The molecule has 0 fully saturated rings. The van der Waals surface area contributed by atoms with Crippen LogP contribution in [-0.4, -0.2) is 36.8 Å². The predicted octanol–water partition coefficient (Wildman–Crippen LogP) is 4.00. The lowest BCUT2D eigenvalue weighted by Gasteiger charge is -2.39. The van der Waals surface area contributed by atoms with Crippen molar-refractivity contribution >= 4 is 28.7 Å². The Hall–Kier alpha value is -1.79. The van der Waals surface area contributed by atoms with E-state index in [-0.39, 0.29) is 6.04 Å². The minimum absolute atomic E-state index is 0.0994. The van der Waals surface area contributed by atoms with Crippen LogP contribution >= 0.6 is 23.6 Å². The standard InChI is InChI=1S/C19H24N2O2S2/c1-12(2)20-19(24)21-8-7-13-10-15(22-3)16(23-4)11-14(13)18(21)17-6-5-9-25-17/h5-6,9-12,18H,7-8H2,1-4H3,(H,20,24)/t18-/m0/s1. The Balaban J connectivity index is 2.07. The minimum atomic E-state index is 0.0994. The zero-order chi connectivity index (χ0) is 18.0. The summed E-state index contributed by atoms with van der Waals surface area (Å²) >= 11 is 7.46. The molecule has 1 N–H and O–H groups in total. The van der Waals surface area contributed by atoms with Crippen molar-refractivity contribution in [3.63, 3.8) is 0 Å². The molecule has 6 heteroatoms. The van der Waals surface area contributed by atoms with Crippen LogP contribution in [0.1, 0.15) is 35.9 Å². The molecule has 0 amide bonds. The van der Waals surface area contributed by atoms with Gasteiger partial charge in [-0.05, 0) is 67.2 Å². The Bertz CT molecular complexity index is 744. The number of nitrogens with zero attached hydrogens (tertiary/aromatic N) is 1. The van der Waals surface area contributed by atoms with Crippen molar-refractivity contribution in [2.75, 3.05) is 20.8 Å². The number of hydrogen-bond donors (Lipinski definition) is 1. The van der Waals surface area contributed by atoms with E-state index >= 15 is 0 Å². The summed E-state index contributed by atoms with van der Waals surface area (Å²) in [5.41, 5.74) is 2.53. The van der Waals surface area contributed by atoms with Crippen LogP contribution < -0.4 is 14.8 Å². The van der Waals surface area contributed by atoms with Gasteiger partial charge in [-0.25, -0.2) is 0 Å². The van der Waals surface area contributed by atoms with Gasteiger partial charge in [0.05, 0.1) is 20.3 Å². The van der Waals surface area contributed by atoms with E-state index in [9.17, 15) is 0 Å². The van der Waals surface area contributed by atoms with Crippen LogP contribution in [0.25, 0.3) is 0 Å². The predicted molar refractivity (Wildman–Crippen MR) is 107 cm³/mol. The molecule has 1 aromatic heterocycles. The van der Waals surface area contributed by atoms with Crippen LogP contribution in [0.3, 0.4) is 0 Å². The third kappa shape index (κ3) is 3.60. The molecule has 0 saturated carbocycles. The Morgan fingerprint density at radius 2 is 2.00 bits per heavy atom. The number of benzene rings is 1. The molecule has 0 spiro atoms. The summed E-state index contributed by atoms with van der Waals surface area (Å²) in [6.07, 6.45) is 0.928. The van der Waals surface area contributed by atoms with Crippen LogP contribution in [0.4, 0.5) is 0 Å². The molecular weight excluding hydrogens is 352 g/mol. The van der Waals surface area contributed by atoms with Gasteiger partial charge in [0.2, 0.25) is 0 Å². The molecule has 1 aromatic carbocycles. The fraction of sp³-hybridized carbons (Fsp3) is 0.421. The van der Waals surface area contributed by atoms with E-state index in [0.29, 0.717) is 6.04 Å². The average Bonchev–Trinajstić information content (AvgIpc) is 3.12. The monoisotopic (exact) mass is 376 g/mol. The number of rotatable bonds is 4. The van der Waals surface area contributed by atoms with Gasteiger partial charge in [0.15, 0.2) is 16.6 Å². The second-order valence-corrected chi connectivity index (χ2v) is 7.74. The lowest BCUT2D eigenvalue weighted by Crippen LogP contribution is -2.47. The van der Waals surface area contributed by atoms with Crippen molar-refractivity contribution in [3.8, 4) is 11.5 Å². The van der Waals surface area contributed by atoms with Crippen LogP contribution in [0, 0.1) is 0 Å². The van der Waals surface area contributed by atoms with E-state index in [0.717, 1.165) is 29.6 Å². The number of ether oxygens (including phenoxy) is 2. The Labute approximate surface area is 158 Å². The molecule has 0 saturated heterocycles. The van der Waals surface area contributed by atoms with Crippen molar-refractivity contribution < 1.29 is 9.47 Å². The van der Waals surface area contributed by atoms with E-state index in [1.54, 1.807) is 25.6 Å². The van der Waals surface area contributed by atoms with Crippen molar-refractivity contribution in [2.24, 2.45) is 0 Å². The zero-order valence-corrected chi connectivity index (χ0v) is 16.7. The second-order valence-electron chi connectivity index (χ2n) is 6.37. The SMILES string of the molecule is COc1cc2c(cc1OC)[C@@H](c1cccs1)N(C(=S)NC(C)C)CC2. The van der Waals surface area contributed by atoms with E-state index in [4.69, 9.17) is 21.7 Å². The van der Waals surface area contributed by atoms with Gasteiger partial charge in [-0.1, -0.05) is 6.07 Å². The van der Waals surface area contributed by atoms with Crippen molar-refractivity contribution in [1.82, 2.24) is 10.2 Å². The van der Waals surface area contributed by atoms with Crippen molar-refractivity contribution in [3.05, 3.63) is 45.6 Å². The Kier molecular flexibility index (Phi) is 5.49. The third-order valence-corrected chi connectivity index (χ3v) is 5.64. The third-order valence-electron chi connectivity index (χ3n) is 4.36. The van der Waals surface area contributed by atoms with E-state index in [1.165, 1.54) is 16.0 Å². The van der Waals surface area contributed by atoms with Gasteiger partial charge in [-0.2, -0.15) is 0 Å². The quantitative estimate of drug-likeness (QED) is 0.816. The fourth-order valence-electron chi connectivity index (χ4n) is 3.25. The largest absolute Gasteiger partial charge is 0.493 e. The minimum Gasteiger partial charge on any atom is -0.493 e. The lowest BCUT2D eigenvalue weighted by atomic mass is 9.91. The van der Waals surface area contributed by atoms with Gasteiger partial charge in [-0.3, -0.25) is 0 Å². The van der Waals surface area contributed by atoms with Crippen molar-refractivity contribution in [1.29, 1.82) is 0 Å². The maximum atomic E-state index is 5.70. The summed E-state index contributed by atoms with van der Waals surface area (Å²) in [5.74, 6) is 1.54. The van der Waals surface area contributed by atoms with E-state index in [1.807, 2.05) is 0 Å². The first-order chi connectivity index (χ1) is 12.0. The highest BCUT2D eigenvalue weighted by atomic mass is 32.1. The Morgan fingerprint density at radius 3 is 2.60 bits per heavy atom. The normalized spacial score (nSPS) is 16.5. The number of fused-ring (bicyclic) bond motifs is 1. The molecule has 0 aliphatic carbocycles. The molecule has 0 unspecified atom stereocenters. The van der Waals surface area contributed by atoms with E-state index in [2.05, 4.69) is 53.7 Å². The second kappa shape index (κ2) is 7.62. The lowest BCUT2D eigenvalue weighted by molar-refractivity contribution is 0.325. The molecule has 2 aromatic rings. The maximum Gasteiger partial charge on any atom is 0.169 e. The summed E-state index contributed by atoms with van der Waals surface area (Å²) < 4.78 is 11.0. The average molecular weight is 377 g/mol. The first-order valence-corrected chi connectivity index (χ1v) is 9.69. The molecule has 3 rings (SSSR count). The van der Waals surface area contributed by atoms with Crippen LogP contribution in [0.15, 0.2) is 29.6 Å². The van der Waals surface area contributed by atoms with Crippen LogP contribution in [0.2, 0.25) is 0 Å². The van der Waals surface area contributed by atoms with Gasteiger partial charge < -0.3 is 19.7 Å². The topological polar surface area (TPSA) is 33.7 Å². The molecule has 0 radical (unpaired) electrons. The molecule has 1 atom stereocenters. The van der Waals surface area contributed by atoms with Crippen LogP contribution in [0.5, 0.6) is 11.5 Å². The molecular formula is C19H24N2O2S2. The summed E-state index contributed by atoms with van der Waals surface area (Å²) in [4.78, 5) is 3.57. The zero-order valence-electron chi connectivity index (χ0n) is 15.0. The molecule has 0 bridgehead atoms. The summed E-state index contributed by atoms with van der Waals surface area (Å²) in [5, 5.41) is 6.30. The summed E-state index contributed by atoms with van der Waals surface area (Å²) in [6, 6.07) is 8.87. The Morgan fingerprint density at radius 1 is 1.28 bits per heavy atom. The van der Waals surface area contributed by atoms with Crippen LogP contribution in [-0.2, 0) is 6.42 Å².